The number of amides is 1. The van der Waals surface area contributed by atoms with Gasteiger partial charge in [0.1, 0.15) is 6.04 Å². The summed E-state index contributed by atoms with van der Waals surface area (Å²) in [7, 11) is -2.40. The molecular weight excluding hydrogens is 376 g/mol. The Morgan fingerprint density at radius 3 is 2.59 bits per heavy atom. The van der Waals surface area contributed by atoms with Crippen molar-refractivity contribution in [2.75, 3.05) is 13.6 Å². The summed E-state index contributed by atoms with van der Waals surface area (Å²) >= 11 is 3.16. The molecule has 2 rings (SSSR count). The van der Waals surface area contributed by atoms with Gasteiger partial charge in [0.15, 0.2) is 0 Å². The Hall–Kier alpha value is -1.45. The molecule has 1 aliphatic rings. The lowest BCUT2D eigenvalue weighted by Gasteiger charge is -2.15. The average molecular weight is 391 g/mol. The Balaban J connectivity index is 2.41. The number of rotatable bonds is 4. The van der Waals surface area contributed by atoms with E-state index in [2.05, 4.69) is 20.7 Å². The maximum Gasteiger partial charge on any atom is 0.335 e. The van der Waals surface area contributed by atoms with Gasteiger partial charge in [-0.15, -0.1) is 0 Å². The fourth-order valence-corrected chi connectivity index (χ4v) is 4.35. The lowest BCUT2D eigenvalue weighted by Crippen LogP contribution is -2.40. The number of aromatic carboxylic acids is 1. The molecule has 1 atom stereocenters. The number of nitrogens with zero attached hydrogens (tertiary/aromatic N) is 1. The van der Waals surface area contributed by atoms with Gasteiger partial charge in [0.05, 0.1) is 10.5 Å². The van der Waals surface area contributed by atoms with Crippen LogP contribution in [0.3, 0.4) is 0 Å². The van der Waals surface area contributed by atoms with Crippen molar-refractivity contribution >= 4 is 37.8 Å². The molecule has 9 heteroatoms. The summed E-state index contributed by atoms with van der Waals surface area (Å²) in [6.07, 6.45) is 0.382. The first-order chi connectivity index (χ1) is 10.1. The maximum absolute atomic E-state index is 12.5. The molecule has 0 saturated carbocycles. The number of benzene rings is 1. The minimum absolute atomic E-state index is 0.146. The van der Waals surface area contributed by atoms with Crippen LogP contribution in [-0.2, 0) is 14.8 Å². The molecule has 0 spiro atoms. The fourth-order valence-electron chi connectivity index (χ4n) is 2.24. The van der Waals surface area contributed by atoms with Crippen LogP contribution >= 0.6 is 15.9 Å². The van der Waals surface area contributed by atoms with Crippen molar-refractivity contribution in [1.29, 1.82) is 0 Å². The molecule has 0 aromatic heterocycles. The van der Waals surface area contributed by atoms with Crippen molar-refractivity contribution in [1.82, 2.24) is 9.62 Å². The Morgan fingerprint density at radius 1 is 1.45 bits per heavy atom. The number of carboxylic acids is 1. The standard InChI is InChI=1S/C13H15BrN2O5S/c1-7-9(14)5-8(13(18)19)6-11(7)22(20,21)15-10-3-4-16(2)12(10)17/h5-6,10,15H,3-4H2,1-2H3,(H,18,19). The van der Waals surface area contributed by atoms with Crippen molar-refractivity contribution in [3.05, 3.63) is 27.7 Å². The third-order valence-corrected chi connectivity index (χ3v) is 5.98. The molecule has 1 aromatic rings. The second-order valence-corrected chi connectivity index (χ2v) is 7.65. The molecule has 1 unspecified atom stereocenters. The highest BCUT2D eigenvalue weighted by Crippen LogP contribution is 2.26. The fraction of sp³-hybridized carbons (Fsp3) is 0.385. The summed E-state index contributed by atoms with van der Waals surface area (Å²) < 4.78 is 27.7. The van der Waals surface area contributed by atoms with E-state index in [0.717, 1.165) is 6.07 Å². The lowest BCUT2D eigenvalue weighted by atomic mass is 10.1. The minimum atomic E-state index is -4.00. The van der Waals surface area contributed by atoms with Crippen LogP contribution in [-0.4, -0.2) is 49.9 Å². The highest BCUT2D eigenvalue weighted by Gasteiger charge is 2.33. The van der Waals surface area contributed by atoms with Gasteiger partial charge in [0, 0.05) is 18.1 Å². The molecule has 1 fully saturated rings. The topological polar surface area (TPSA) is 104 Å². The van der Waals surface area contributed by atoms with E-state index < -0.39 is 22.0 Å². The first-order valence-corrected chi connectivity index (χ1v) is 8.72. The third-order valence-electron chi connectivity index (χ3n) is 3.56. The summed E-state index contributed by atoms with van der Waals surface area (Å²) in [5, 5.41) is 9.05. The van der Waals surface area contributed by atoms with Crippen LogP contribution in [0.2, 0.25) is 0 Å². The first kappa shape index (κ1) is 16.9. The van der Waals surface area contributed by atoms with Gasteiger partial charge in [0.25, 0.3) is 0 Å². The minimum Gasteiger partial charge on any atom is -0.478 e. The van der Waals surface area contributed by atoms with Gasteiger partial charge in [-0.2, -0.15) is 4.72 Å². The highest BCUT2D eigenvalue weighted by atomic mass is 79.9. The SMILES string of the molecule is Cc1c(Br)cc(C(=O)O)cc1S(=O)(=O)NC1CCN(C)C1=O. The number of hydrogen-bond donors (Lipinski definition) is 2. The second kappa shape index (κ2) is 5.98. The molecule has 2 N–H and O–H groups in total. The maximum atomic E-state index is 12.5. The Bertz CT molecular complexity index is 747. The predicted molar refractivity (Wildman–Crippen MR) is 82.2 cm³/mol. The molecule has 0 radical (unpaired) electrons. The highest BCUT2D eigenvalue weighted by molar-refractivity contribution is 9.10. The Labute approximate surface area is 136 Å². The molecule has 0 aliphatic carbocycles. The largest absolute Gasteiger partial charge is 0.478 e. The Kier molecular flexibility index (Phi) is 4.59. The quantitative estimate of drug-likeness (QED) is 0.796. The van der Waals surface area contributed by atoms with Crippen molar-refractivity contribution in [2.45, 2.75) is 24.3 Å². The Morgan fingerprint density at radius 2 is 2.09 bits per heavy atom. The smallest absolute Gasteiger partial charge is 0.335 e. The zero-order chi connectivity index (χ0) is 16.7. The van der Waals surface area contributed by atoms with Crippen molar-refractivity contribution in [3.8, 4) is 0 Å². The van der Waals surface area contributed by atoms with Gasteiger partial charge in [-0.05, 0) is 31.0 Å². The van der Waals surface area contributed by atoms with Gasteiger partial charge in [0.2, 0.25) is 15.9 Å². The lowest BCUT2D eigenvalue weighted by molar-refractivity contribution is -0.127. The van der Waals surface area contributed by atoms with Crippen LogP contribution in [0, 0.1) is 6.92 Å². The first-order valence-electron chi connectivity index (χ1n) is 6.44. The van der Waals surface area contributed by atoms with Crippen LogP contribution in [0.25, 0.3) is 0 Å². The van der Waals surface area contributed by atoms with E-state index in [0.29, 0.717) is 23.0 Å². The van der Waals surface area contributed by atoms with Crippen LogP contribution in [0.5, 0.6) is 0 Å². The normalized spacial score (nSPS) is 18.8. The van der Waals surface area contributed by atoms with Crippen molar-refractivity contribution in [3.63, 3.8) is 0 Å². The number of likely N-dealkylation sites (N-methyl/N-ethyl adjacent to an activating group) is 1. The van der Waals surface area contributed by atoms with E-state index in [1.54, 1.807) is 14.0 Å². The van der Waals surface area contributed by atoms with E-state index in [4.69, 9.17) is 5.11 Å². The molecule has 120 valence electrons. The van der Waals surface area contributed by atoms with Gasteiger partial charge in [-0.3, -0.25) is 4.79 Å². The number of carboxylic acid groups (broad SMARTS) is 1. The number of carbonyl (C=O) groups excluding carboxylic acids is 1. The summed E-state index contributed by atoms with van der Waals surface area (Å²) in [4.78, 5) is 24.2. The number of halogens is 1. The van der Waals surface area contributed by atoms with Crippen molar-refractivity contribution in [2.24, 2.45) is 0 Å². The molecule has 1 saturated heterocycles. The molecule has 1 aromatic carbocycles. The molecule has 1 heterocycles. The number of carbonyl (C=O) groups is 2. The van der Waals surface area contributed by atoms with Gasteiger partial charge < -0.3 is 10.0 Å². The average Bonchev–Trinajstić information content (AvgIpc) is 2.72. The van der Waals surface area contributed by atoms with Gasteiger partial charge in [-0.1, -0.05) is 15.9 Å². The molecule has 7 nitrogen and oxygen atoms in total. The van der Waals surface area contributed by atoms with E-state index in [1.807, 2.05) is 0 Å². The number of sulfonamides is 1. The van der Waals surface area contributed by atoms with Gasteiger partial charge in [-0.25, -0.2) is 13.2 Å². The molecule has 0 bridgehead atoms. The predicted octanol–water partition coefficient (Wildman–Crippen LogP) is 0.965. The van der Waals surface area contributed by atoms with E-state index in [-0.39, 0.29) is 16.4 Å². The zero-order valence-corrected chi connectivity index (χ0v) is 14.4. The van der Waals surface area contributed by atoms with E-state index in [9.17, 15) is 18.0 Å². The van der Waals surface area contributed by atoms with Crippen LogP contribution < -0.4 is 4.72 Å². The number of nitrogens with one attached hydrogen (secondary N) is 1. The monoisotopic (exact) mass is 390 g/mol. The van der Waals surface area contributed by atoms with Crippen LogP contribution in [0.4, 0.5) is 0 Å². The van der Waals surface area contributed by atoms with Crippen molar-refractivity contribution < 1.29 is 23.1 Å². The van der Waals surface area contributed by atoms with Crippen LogP contribution in [0.1, 0.15) is 22.3 Å². The zero-order valence-electron chi connectivity index (χ0n) is 12.0. The molecule has 1 aliphatic heterocycles. The molecule has 22 heavy (non-hydrogen) atoms. The van der Waals surface area contributed by atoms with E-state index >= 15 is 0 Å². The summed E-state index contributed by atoms with van der Waals surface area (Å²) in [6.45, 7) is 2.04. The second-order valence-electron chi connectivity index (χ2n) is 5.11. The molecular formula is C13H15BrN2O5S. The summed E-state index contributed by atoms with van der Waals surface area (Å²) in [6, 6.07) is 1.61. The summed E-state index contributed by atoms with van der Waals surface area (Å²) in [5.74, 6) is -1.52. The number of likely N-dealkylation sites (tertiary alicyclic amines) is 1. The van der Waals surface area contributed by atoms with Gasteiger partial charge >= 0.3 is 5.97 Å². The summed E-state index contributed by atoms with van der Waals surface area (Å²) in [5.41, 5.74) is 0.240. The third kappa shape index (κ3) is 3.16. The molecule has 1 amide bonds. The van der Waals surface area contributed by atoms with Crippen LogP contribution in [0.15, 0.2) is 21.5 Å². The number of hydrogen-bond acceptors (Lipinski definition) is 4. The van der Waals surface area contributed by atoms with E-state index in [1.165, 1.54) is 11.0 Å².